The van der Waals surface area contributed by atoms with Gasteiger partial charge in [0.15, 0.2) is 11.6 Å². The number of hydrogen-bond donors (Lipinski definition) is 0. The highest BCUT2D eigenvalue weighted by Crippen LogP contribution is 2.28. The molecule has 78 valence electrons. The minimum atomic E-state index is -0.359. The first kappa shape index (κ1) is 10.1. The lowest BCUT2D eigenvalue weighted by Crippen LogP contribution is -1.89. The smallest absolute Gasteiger partial charge is 0.165 e. The van der Waals surface area contributed by atoms with Crippen LogP contribution in [0.15, 0.2) is 23.7 Å². The van der Waals surface area contributed by atoms with Crippen LogP contribution in [0.2, 0.25) is 0 Å². The van der Waals surface area contributed by atoms with Gasteiger partial charge in [0.2, 0.25) is 0 Å². The first-order valence-electron chi connectivity index (χ1n) is 4.46. The van der Waals surface area contributed by atoms with Crippen LogP contribution >= 0.6 is 11.3 Å². The Balaban J connectivity index is 2.47. The number of ether oxygens (including phenoxy) is 1. The molecule has 0 spiro atoms. The van der Waals surface area contributed by atoms with E-state index in [0.717, 1.165) is 16.1 Å². The van der Waals surface area contributed by atoms with E-state index in [4.69, 9.17) is 4.74 Å². The molecule has 4 heteroatoms. The molecule has 1 aromatic carbocycles. The summed E-state index contributed by atoms with van der Waals surface area (Å²) >= 11 is 1.55. The lowest BCUT2D eigenvalue weighted by Gasteiger charge is -2.03. The Morgan fingerprint density at radius 2 is 2.20 bits per heavy atom. The zero-order valence-corrected chi connectivity index (χ0v) is 9.27. The maximum atomic E-state index is 13.4. The van der Waals surface area contributed by atoms with Gasteiger partial charge in [-0.2, -0.15) is 0 Å². The molecule has 0 fully saturated rings. The molecule has 0 N–H and O–H groups in total. The summed E-state index contributed by atoms with van der Waals surface area (Å²) in [6.45, 7) is 1.97. The zero-order chi connectivity index (χ0) is 10.8. The van der Waals surface area contributed by atoms with Crippen molar-refractivity contribution in [2.24, 2.45) is 0 Å². The number of thiazole rings is 1. The van der Waals surface area contributed by atoms with Crippen molar-refractivity contribution in [1.29, 1.82) is 0 Å². The number of halogens is 1. The van der Waals surface area contributed by atoms with E-state index >= 15 is 0 Å². The molecule has 1 aromatic heterocycles. The molecule has 0 amide bonds. The van der Waals surface area contributed by atoms with Crippen LogP contribution in [0, 0.1) is 12.7 Å². The van der Waals surface area contributed by atoms with Crippen LogP contribution in [-0.2, 0) is 0 Å². The summed E-state index contributed by atoms with van der Waals surface area (Å²) < 4.78 is 18.3. The number of hydrogen-bond acceptors (Lipinski definition) is 3. The quantitative estimate of drug-likeness (QED) is 0.779. The lowest BCUT2D eigenvalue weighted by atomic mass is 10.1. The highest BCUT2D eigenvalue weighted by atomic mass is 32.1. The summed E-state index contributed by atoms with van der Waals surface area (Å²) in [6, 6.07) is 4.87. The molecule has 0 saturated heterocycles. The van der Waals surface area contributed by atoms with Gasteiger partial charge in [0, 0.05) is 10.4 Å². The van der Waals surface area contributed by atoms with E-state index in [2.05, 4.69) is 4.98 Å². The SMILES string of the molecule is COc1ccc(-c2ncsc2C)cc1F. The summed E-state index contributed by atoms with van der Waals surface area (Å²) in [6.07, 6.45) is 0. The summed E-state index contributed by atoms with van der Waals surface area (Å²) in [4.78, 5) is 5.28. The van der Waals surface area contributed by atoms with Crippen LogP contribution < -0.4 is 4.74 Å². The second-order valence-corrected chi connectivity index (χ2v) is 4.17. The lowest BCUT2D eigenvalue weighted by molar-refractivity contribution is 0.386. The van der Waals surface area contributed by atoms with Crippen molar-refractivity contribution in [3.8, 4) is 17.0 Å². The molecule has 15 heavy (non-hydrogen) atoms. The number of benzene rings is 1. The fourth-order valence-corrected chi connectivity index (χ4v) is 1.99. The monoisotopic (exact) mass is 223 g/mol. The van der Waals surface area contributed by atoms with Gasteiger partial charge in [-0.1, -0.05) is 0 Å². The van der Waals surface area contributed by atoms with Crippen LogP contribution in [0.25, 0.3) is 11.3 Å². The fourth-order valence-electron chi connectivity index (χ4n) is 1.40. The molecule has 0 aliphatic heterocycles. The van der Waals surface area contributed by atoms with Crippen molar-refractivity contribution in [2.75, 3.05) is 7.11 Å². The summed E-state index contributed by atoms with van der Waals surface area (Å²) in [7, 11) is 1.45. The first-order chi connectivity index (χ1) is 7.22. The van der Waals surface area contributed by atoms with Gasteiger partial charge in [-0.25, -0.2) is 9.37 Å². The van der Waals surface area contributed by atoms with Gasteiger partial charge in [-0.3, -0.25) is 0 Å². The zero-order valence-electron chi connectivity index (χ0n) is 8.45. The molecule has 0 saturated carbocycles. The summed E-state index contributed by atoms with van der Waals surface area (Å²) in [5, 5.41) is 0. The van der Waals surface area contributed by atoms with Crippen molar-refractivity contribution < 1.29 is 9.13 Å². The Labute approximate surface area is 91.4 Å². The van der Waals surface area contributed by atoms with Crippen molar-refractivity contribution in [2.45, 2.75) is 6.92 Å². The van der Waals surface area contributed by atoms with Gasteiger partial charge in [-0.15, -0.1) is 11.3 Å². The Hall–Kier alpha value is -1.42. The second kappa shape index (κ2) is 3.98. The van der Waals surface area contributed by atoms with E-state index in [1.54, 1.807) is 22.9 Å². The summed E-state index contributed by atoms with van der Waals surface area (Å²) in [5.74, 6) is -0.103. The van der Waals surface area contributed by atoms with E-state index in [-0.39, 0.29) is 11.6 Å². The minimum Gasteiger partial charge on any atom is -0.494 e. The van der Waals surface area contributed by atoms with Crippen LogP contribution in [-0.4, -0.2) is 12.1 Å². The van der Waals surface area contributed by atoms with Crippen LogP contribution in [0.1, 0.15) is 4.88 Å². The van der Waals surface area contributed by atoms with Crippen LogP contribution in [0.5, 0.6) is 5.75 Å². The Kier molecular flexibility index (Phi) is 2.68. The maximum Gasteiger partial charge on any atom is 0.165 e. The number of rotatable bonds is 2. The Morgan fingerprint density at radius 3 is 2.73 bits per heavy atom. The van der Waals surface area contributed by atoms with Gasteiger partial charge in [0.05, 0.1) is 18.3 Å². The summed E-state index contributed by atoms with van der Waals surface area (Å²) in [5.41, 5.74) is 3.38. The third kappa shape index (κ3) is 1.85. The molecule has 0 bridgehead atoms. The van der Waals surface area contributed by atoms with Gasteiger partial charge in [-0.05, 0) is 25.1 Å². The van der Waals surface area contributed by atoms with Gasteiger partial charge < -0.3 is 4.74 Å². The topological polar surface area (TPSA) is 22.1 Å². The van der Waals surface area contributed by atoms with Gasteiger partial charge >= 0.3 is 0 Å². The molecule has 0 radical (unpaired) electrons. The van der Waals surface area contributed by atoms with Crippen molar-refractivity contribution in [1.82, 2.24) is 4.98 Å². The highest BCUT2D eigenvalue weighted by molar-refractivity contribution is 7.10. The molecule has 2 aromatic rings. The average Bonchev–Trinajstić information content (AvgIpc) is 2.64. The molecule has 0 aliphatic carbocycles. The van der Waals surface area contributed by atoms with Crippen molar-refractivity contribution in [3.63, 3.8) is 0 Å². The number of aryl methyl sites for hydroxylation is 1. The largest absolute Gasteiger partial charge is 0.494 e. The minimum absolute atomic E-state index is 0.256. The molecule has 1 heterocycles. The normalized spacial score (nSPS) is 10.3. The third-order valence-corrected chi connectivity index (χ3v) is 2.93. The van der Waals surface area contributed by atoms with Crippen LogP contribution in [0.3, 0.4) is 0 Å². The van der Waals surface area contributed by atoms with E-state index in [1.807, 2.05) is 13.0 Å². The molecule has 2 rings (SSSR count). The predicted molar refractivity (Wildman–Crippen MR) is 58.8 cm³/mol. The first-order valence-corrected chi connectivity index (χ1v) is 5.34. The van der Waals surface area contributed by atoms with Crippen molar-refractivity contribution >= 4 is 11.3 Å². The molecular formula is C11H10FNOS. The number of aromatic nitrogens is 1. The molecule has 0 atom stereocenters. The van der Waals surface area contributed by atoms with E-state index in [9.17, 15) is 4.39 Å². The molecule has 0 aliphatic rings. The van der Waals surface area contributed by atoms with E-state index in [0.29, 0.717) is 0 Å². The maximum absolute atomic E-state index is 13.4. The Morgan fingerprint density at radius 1 is 1.40 bits per heavy atom. The Bertz CT molecular complexity index is 481. The average molecular weight is 223 g/mol. The molecule has 2 nitrogen and oxygen atoms in total. The highest BCUT2D eigenvalue weighted by Gasteiger charge is 2.08. The van der Waals surface area contributed by atoms with Gasteiger partial charge in [0.25, 0.3) is 0 Å². The van der Waals surface area contributed by atoms with Gasteiger partial charge in [0.1, 0.15) is 0 Å². The molecular weight excluding hydrogens is 213 g/mol. The number of methoxy groups -OCH3 is 1. The van der Waals surface area contributed by atoms with Crippen LogP contribution in [0.4, 0.5) is 4.39 Å². The molecule has 0 unspecified atom stereocenters. The number of nitrogens with zero attached hydrogens (tertiary/aromatic N) is 1. The predicted octanol–water partition coefficient (Wildman–Crippen LogP) is 3.27. The second-order valence-electron chi connectivity index (χ2n) is 3.11. The van der Waals surface area contributed by atoms with E-state index in [1.165, 1.54) is 13.2 Å². The van der Waals surface area contributed by atoms with E-state index < -0.39 is 0 Å². The standard InChI is InChI=1S/C11H10FNOS/c1-7-11(13-6-15-7)8-3-4-10(14-2)9(12)5-8/h3-6H,1-2H3. The fraction of sp³-hybridized carbons (Fsp3) is 0.182. The van der Waals surface area contributed by atoms with Crippen molar-refractivity contribution in [3.05, 3.63) is 34.4 Å². The third-order valence-electron chi connectivity index (χ3n) is 2.17.